The van der Waals surface area contributed by atoms with Gasteiger partial charge in [-0.3, -0.25) is 14.3 Å². The smallest absolute Gasteiger partial charge is 0.269 e. The first-order valence-corrected chi connectivity index (χ1v) is 13.6. The highest BCUT2D eigenvalue weighted by Gasteiger charge is 2.30. The lowest BCUT2D eigenvalue weighted by atomic mass is 10.1. The highest BCUT2D eigenvalue weighted by molar-refractivity contribution is 7.89. The van der Waals surface area contributed by atoms with Crippen molar-refractivity contribution < 1.29 is 27.5 Å². The molecular formula is C23H35N7O6S. The summed E-state index contributed by atoms with van der Waals surface area (Å²) < 4.78 is 40.0. The molecule has 0 aliphatic carbocycles. The molecule has 14 heteroatoms. The fourth-order valence-corrected chi connectivity index (χ4v) is 5.39. The van der Waals surface area contributed by atoms with Gasteiger partial charge in [-0.25, -0.2) is 13.4 Å². The van der Waals surface area contributed by atoms with Crippen LogP contribution in [0, 0.1) is 0 Å². The van der Waals surface area contributed by atoms with Crippen molar-refractivity contribution in [1.82, 2.24) is 24.0 Å². The third-order valence-corrected chi connectivity index (χ3v) is 7.81. The number of ether oxygens (including phenoxy) is 2. The van der Waals surface area contributed by atoms with Gasteiger partial charge >= 0.3 is 0 Å². The average molecular weight is 538 g/mol. The maximum absolute atomic E-state index is 13.5. The molecular weight excluding hydrogens is 502 g/mol. The summed E-state index contributed by atoms with van der Waals surface area (Å²) in [5, 5.41) is 7.18. The number of likely N-dealkylation sites (N-methyl/N-ethyl adjacent to an activating group) is 1. The minimum absolute atomic E-state index is 0.0261. The third-order valence-electron chi connectivity index (χ3n) is 5.94. The number of piperazine rings is 1. The van der Waals surface area contributed by atoms with Crippen LogP contribution in [0.15, 0.2) is 17.2 Å². The van der Waals surface area contributed by atoms with Gasteiger partial charge in [0.15, 0.2) is 0 Å². The largest absolute Gasteiger partial charge is 0.477 e. The molecule has 1 fully saturated rings. The zero-order chi connectivity index (χ0) is 27.2. The second-order valence-corrected chi connectivity index (χ2v) is 10.6. The number of anilines is 1. The Labute approximate surface area is 217 Å². The van der Waals surface area contributed by atoms with Crippen LogP contribution in [0.4, 0.5) is 5.69 Å². The second kappa shape index (κ2) is 12.4. The molecule has 2 aromatic heterocycles. The van der Waals surface area contributed by atoms with Crippen LogP contribution in [0.5, 0.6) is 5.88 Å². The van der Waals surface area contributed by atoms with Crippen molar-refractivity contribution in [3.8, 4) is 5.88 Å². The van der Waals surface area contributed by atoms with Gasteiger partial charge in [-0.1, -0.05) is 13.3 Å². The molecule has 1 saturated heterocycles. The molecule has 0 saturated carbocycles. The van der Waals surface area contributed by atoms with Crippen molar-refractivity contribution in [1.29, 1.82) is 0 Å². The molecule has 0 unspecified atom stereocenters. The highest BCUT2D eigenvalue weighted by atomic mass is 32.2. The Bertz CT molecular complexity index is 1220. The van der Waals surface area contributed by atoms with E-state index >= 15 is 0 Å². The third kappa shape index (κ3) is 6.44. The van der Waals surface area contributed by atoms with E-state index in [9.17, 15) is 18.0 Å². The molecule has 1 aliphatic heterocycles. The van der Waals surface area contributed by atoms with E-state index in [4.69, 9.17) is 15.2 Å². The number of methoxy groups -OCH3 is 1. The Hall–Kier alpha value is -3.07. The molecule has 204 valence electrons. The number of nitrogens with one attached hydrogen (secondary N) is 1. The SMILES string of the molecule is CCCc1nn(CCOC)c(C(N)=O)c1NC(=O)c1cc(S(=O)(=O)N2CCN(C)CC2)cnc1OCC. The Balaban J connectivity index is 2.02. The van der Waals surface area contributed by atoms with Gasteiger partial charge in [-0.05, 0) is 26.5 Å². The Morgan fingerprint density at radius 2 is 1.89 bits per heavy atom. The van der Waals surface area contributed by atoms with Crippen LogP contribution < -0.4 is 15.8 Å². The lowest BCUT2D eigenvalue weighted by Gasteiger charge is -2.31. The number of primary amides is 1. The molecule has 0 spiro atoms. The maximum Gasteiger partial charge on any atom is 0.269 e. The summed E-state index contributed by atoms with van der Waals surface area (Å²) in [4.78, 5) is 31.9. The van der Waals surface area contributed by atoms with Gasteiger partial charge < -0.3 is 25.4 Å². The quantitative estimate of drug-likeness (QED) is 0.394. The lowest BCUT2D eigenvalue weighted by Crippen LogP contribution is -2.47. The first kappa shape index (κ1) is 28.5. The summed E-state index contributed by atoms with van der Waals surface area (Å²) in [6.07, 6.45) is 2.37. The number of aryl methyl sites for hydroxylation is 1. The van der Waals surface area contributed by atoms with Crippen molar-refractivity contribution in [3.63, 3.8) is 0 Å². The second-order valence-electron chi connectivity index (χ2n) is 8.62. The summed E-state index contributed by atoms with van der Waals surface area (Å²) in [5.41, 5.74) is 6.24. The first-order chi connectivity index (χ1) is 17.6. The summed E-state index contributed by atoms with van der Waals surface area (Å²) >= 11 is 0. The molecule has 37 heavy (non-hydrogen) atoms. The van der Waals surface area contributed by atoms with E-state index in [1.54, 1.807) is 6.92 Å². The monoisotopic (exact) mass is 537 g/mol. The molecule has 3 rings (SSSR count). The van der Waals surface area contributed by atoms with Crippen LogP contribution >= 0.6 is 0 Å². The van der Waals surface area contributed by atoms with E-state index in [-0.39, 0.29) is 47.5 Å². The minimum Gasteiger partial charge on any atom is -0.477 e. The molecule has 0 radical (unpaired) electrons. The van der Waals surface area contributed by atoms with E-state index in [0.29, 0.717) is 44.7 Å². The van der Waals surface area contributed by atoms with Gasteiger partial charge in [0.2, 0.25) is 15.9 Å². The molecule has 0 bridgehead atoms. The van der Waals surface area contributed by atoms with Crippen LogP contribution in [-0.4, -0.2) is 97.8 Å². The summed E-state index contributed by atoms with van der Waals surface area (Å²) in [7, 11) is -0.438. The van der Waals surface area contributed by atoms with E-state index in [0.717, 1.165) is 0 Å². The zero-order valence-corrected chi connectivity index (χ0v) is 22.5. The van der Waals surface area contributed by atoms with Gasteiger partial charge in [0.1, 0.15) is 16.2 Å². The summed E-state index contributed by atoms with van der Waals surface area (Å²) in [6, 6.07) is 1.25. The number of hydrogen-bond donors (Lipinski definition) is 2. The summed E-state index contributed by atoms with van der Waals surface area (Å²) in [6.45, 7) is 6.27. The minimum atomic E-state index is -3.89. The lowest BCUT2D eigenvalue weighted by molar-refractivity contribution is 0.0987. The zero-order valence-electron chi connectivity index (χ0n) is 21.7. The summed E-state index contributed by atoms with van der Waals surface area (Å²) in [5.74, 6) is -1.49. The molecule has 0 aromatic carbocycles. The van der Waals surface area contributed by atoms with Gasteiger partial charge in [0, 0.05) is 33.3 Å². The number of nitrogens with zero attached hydrogens (tertiary/aromatic N) is 5. The number of hydrogen-bond acceptors (Lipinski definition) is 9. The Kier molecular flexibility index (Phi) is 9.59. The highest BCUT2D eigenvalue weighted by Crippen LogP contribution is 2.27. The molecule has 3 heterocycles. The fraction of sp³-hybridized carbons (Fsp3) is 0.565. The molecule has 3 N–H and O–H groups in total. The number of aromatic nitrogens is 3. The standard InChI is InChI=1S/C23H35N7O6S/c1-5-7-18-19(20(21(24)31)30(27-18)12-13-35-4)26-22(32)17-14-16(15-25-23(17)36-6-2)37(33,34)29-10-8-28(3)9-11-29/h14-15H,5-13H2,1-4H3,(H2,24,31)(H,26,32). The topological polar surface area (TPSA) is 162 Å². The van der Waals surface area contributed by atoms with Crippen molar-refractivity contribution in [2.24, 2.45) is 5.73 Å². The number of rotatable bonds is 12. The normalized spacial score (nSPS) is 15.0. The molecule has 2 amide bonds. The Morgan fingerprint density at radius 3 is 2.49 bits per heavy atom. The van der Waals surface area contributed by atoms with Crippen molar-refractivity contribution >= 4 is 27.5 Å². The number of amides is 2. The van der Waals surface area contributed by atoms with Crippen molar-refractivity contribution in [3.05, 3.63) is 29.2 Å². The van der Waals surface area contributed by atoms with Crippen molar-refractivity contribution in [2.75, 3.05) is 58.9 Å². The van der Waals surface area contributed by atoms with E-state index in [1.807, 2.05) is 18.9 Å². The number of carbonyl (C=O) groups excluding carboxylic acids is 2. The van der Waals surface area contributed by atoms with Crippen molar-refractivity contribution in [2.45, 2.75) is 38.1 Å². The van der Waals surface area contributed by atoms with Gasteiger partial charge in [-0.2, -0.15) is 9.40 Å². The number of carbonyl (C=O) groups is 2. The molecule has 13 nitrogen and oxygen atoms in total. The van der Waals surface area contributed by atoms with Gasteiger partial charge in [-0.15, -0.1) is 0 Å². The van der Waals surface area contributed by atoms with E-state index in [2.05, 4.69) is 15.4 Å². The van der Waals surface area contributed by atoms with Crippen LogP contribution in [0.2, 0.25) is 0 Å². The number of sulfonamides is 1. The number of pyridine rings is 1. The number of nitrogens with two attached hydrogens (primary N) is 1. The van der Waals surface area contributed by atoms with Crippen LogP contribution in [0.1, 0.15) is 46.8 Å². The van der Waals surface area contributed by atoms with Gasteiger partial charge in [0.05, 0.1) is 37.3 Å². The molecule has 1 aliphatic rings. The predicted octanol–water partition coefficient (Wildman–Crippen LogP) is 0.563. The Morgan fingerprint density at radius 1 is 1.19 bits per heavy atom. The van der Waals surface area contributed by atoms with Crippen LogP contribution in [0.3, 0.4) is 0 Å². The van der Waals surface area contributed by atoms with Gasteiger partial charge in [0.25, 0.3) is 11.8 Å². The fourth-order valence-electron chi connectivity index (χ4n) is 3.99. The van der Waals surface area contributed by atoms with E-state index < -0.39 is 21.8 Å². The average Bonchev–Trinajstić information content (AvgIpc) is 3.20. The molecule has 0 atom stereocenters. The van der Waals surface area contributed by atoms with E-state index in [1.165, 1.54) is 28.4 Å². The van der Waals surface area contributed by atoms with Crippen LogP contribution in [-0.2, 0) is 27.7 Å². The first-order valence-electron chi connectivity index (χ1n) is 12.1. The predicted molar refractivity (Wildman–Crippen MR) is 136 cm³/mol. The molecule has 2 aromatic rings. The van der Waals surface area contributed by atoms with Crippen LogP contribution in [0.25, 0.3) is 0 Å². The maximum atomic E-state index is 13.5.